The van der Waals surface area contributed by atoms with Gasteiger partial charge < -0.3 is 4.74 Å². The summed E-state index contributed by atoms with van der Waals surface area (Å²) in [6, 6.07) is 7.88. The van der Waals surface area contributed by atoms with E-state index in [1.807, 2.05) is 18.2 Å². The summed E-state index contributed by atoms with van der Waals surface area (Å²) in [4.78, 5) is 2.49. The Labute approximate surface area is 122 Å². The van der Waals surface area contributed by atoms with Crippen LogP contribution in [0, 0.1) is 16.7 Å². The van der Waals surface area contributed by atoms with Crippen LogP contribution in [-0.4, -0.2) is 25.1 Å². The van der Waals surface area contributed by atoms with Gasteiger partial charge in [-0.15, -0.1) is 0 Å². The molecule has 0 atom stereocenters. The molecule has 1 saturated heterocycles. The Morgan fingerprint density at radius 1 is 1.35 bits per heavy atom. The highest BCUT2D eigenvalue weighted by Gasteiger charge is 2.34. The van der Waals surface area contributed by atoms with E-state index in [0.29, 0.717) is 11.0 Å². The van der Waals surface area contributed by atoms with Crippen molar-refractivity contribution in [3.63, 3.8) is 0 Å². The molecule has 3 heteroatoms. The normalized spacial score (nSPS) is 17.9. The van der Waals surface area contributed by atoms with Gasteiger partial charge >= 0.3 is 0 Å². The summed E-state index contributed by atoms with van der Waals surface area (Å²) in [5, 5.41) is 9.04. The third kappa shape index (κ3) is 2.96. The minimum atomic E-state index is 0.486. The number of methoxy groups -OCH3 is 1. The van der Waals surface area contributed by atoms with Crippen LogP contribution in [0.3, 0.4) is 0 Å². The molecule has 0 amide bonds. The average Bonchev–Trinajstić information content (AvgIpc) is 2.91. The first-order valence-corrected chi connectivity index (χ1v) is 7.45. The monoisotopic (exact) mass is 272 g/mol. The molecule has 0 spiro atoms. The fraction of sp³-hybridized carbons (Fsp3) is 0.588. The lowest BCUT2D eigenvalue weighted by Crippen LogP contribution is -2.26. The highest BCUT2D eigenvalue weighted by Crippen LogP contribution is 2.38. The Hall–Kier alpha value is -1.53. The van der Waals surface area contributed by atoms with Crippen molar-refractivity contribution in [3.8, 4) is 11.8 Å². The van der Waals surface area contributed by atoms with Gasteiger partial charge in [-0.2, -0.15) is 5.26 Å². The lowest BCUT2D eigenvalue weighted by Gasteiger charge is -2.26. The molecule has 0 radical (unpaired) electrons. The smallest absolute Gasteiger partial charge is 0.123 e. The maximum atomic E-state index is 9.04. The van der Waals surface area contributed by atoms with Crippen LogP contribution in [0.1, 0.15) is 44.2 Å². The van der Waals surface area contributed by atoms with Gasteiger partial charge in [0.2, 0.25) is 0 Å². The molecular formula is C17H24N2O. The van der Waals surface area contributed by atoms with Crippen LogP contribution in [0.25, 0.3) is 0 Å². The van der Waals surface area contributed by atoms with E-state index in [-0.39, 0.29) is 0 Å². The molecule has 0 unspecified atom stereocenters. The zero-order chi connectivity index (χ0) is 14.6. The van der Waals surface area contributed by atoms with Crippen LogP contribution in [-0.2, 0) is 6.54 Å². The minimum Gasteiger partial charge on any atom is -0.496 e. The highest BCUT2D eigenvalue weighted by atomic mass is 16.5. The van der Waals surface area contributed by atoms with Gasteiger partial charge in [-0.05, 0) is 49.4 Å². The number of likely N-dealkylation sites (tertiary alicyclic amines) is 1. The van der Waals surface area contributed by atoms with Gasteiger partial charge in [0.05, 0.1) is 18.7 Å². The SMILES string of the molecule is CCC1(CC)CCN(Cc2cc(C#N)ccc2OC)C1. The Bertz CT molecular complexity index is 500. The summed E-state index contributed by atoms with van der Waals surface area (Å²) < 4.78 is 5.42. The predicted molar refractivity (Wildman–Crippen MR) is 80.6 cm³/mol. The molecule has 2 rings (SSSR count). The number of ether oxygens (including phenoxy) is 1. The molecule has 1 aliphatic heterocycles. The number of nitrogens with zero attached hydrogens (tertiary/aromatic N) is 2. The molecule has 1 aromatic rings. The van der Waals surface area contributed by atoms with Gasteiger partial charge in [0.25, 0.3) is 0 Å². The van der Waals surface area contributed by atoms with Gasteiger partial charge in [0.1, 0.15) is 5.75 Å². The second-order valence-electron chi connectivity index (χ2n) is 5.81. The quantitative estimate of drug-likeness (QED) is 0.822. The van der Waals surface area contributed by atoms with Crippen molar-refractivity contribution >= 4 is 0 Å². The topological polar surface area (TPSA) is 36.3 Å². The van der Waals surface area contributed by atoms with Crippen LogP contribution >= 0.6 is 0 Å². The Morgan fingerprint density at radius 3 is 2.65 bits per heavy atom. The third-order valence-electron chi connectivity index (χ3n) is 4.82. The summed E-state index contributed by atoms with van der Waals surface area (Å²) in [6.07, 6.45) is 3.77. The van der Waals surface area contributed by atoms with Crippen LogP contribution in [0.15, 0.2) is 18.2 Å². The van der Waals surface area contributed by atoms with Crippen LogP contribution in [0.4, 0.5) is 0 Å². The van der Waals surface area contributed by atoms with Crippen molar-refractivity contribution in [1.82, 2.24) is 4.90 Å². The fourth-order valence-corrected chi connectivity index (χ4v) is 3.20. The van der Waals surface area contributed by atoms with Gasteiger partial charge in [0, 0.05) is 18.7 Å². The first kappa shape index (κ1) is 14.9. The lowest BCUT2D eigenvalue weighted by atomic mass is 9.82. The Balaban J connectivity index is 2.13. The summed E-state index contributed by atoms with van der Waals surface area (Å²) in [6.45, 7) is 7.76. The van der Waals surface area contributed by atoms with Crippen molar-refractivity contribution in [2.45, 2.75) is 39.7 Å². The van der Waals surface area contributed by atoms with E-state index in [0.717, 1.165) is 30.9 Å². The molecule has 20 heavy (non-hydrogen) atoms. The second kappa shape index (κ2) is 6.28. The number of hydrogen-bond donors (Lipinski definition) is 0. The standard InChI is InChI=1S/C17H24N2O/c1-4-17(5-2)8-9-19(13-17)12-15-10-14(11-18)6-7-16(15)20-3/h6-7,10H,4-5,8-9,12-13H2,1-3H3. The molecule has 0 saturated carbocycles. The van der Waals surface area contributed by atoms with Gasteiger partial charge in [0.15, 0.2) is 0 Å². The molecule has 0 bridgehead atoms. The van der Waals surface area contributed by atoms with Gasteiger partial charge in [-0.3, -0.25) is 4.90 Å². The maximum absolute atomic E-state index is 9.04. The third-order valence-corrected chi connectivity index (χ3v) is 4.82. The summed E-state index contributed by atoms with van der Waals surface area (Å²) in [5.41, 5.74) is 2.31. The van der Waals surface area contributed by atoms with E-state index < -0.39 is 0 Å². The van der Waals surface area contributed by atoms with E-state index in [4.69, 9.17) is 10.00 Å². The van der Waals surface area contributed by atoms with Crippen molar-refractivity contribution in [2.75, 3.05) is 20.2 Å². The predicted octanol–water partition coefficient (Wildman–Crippen LogP) is 3.58. The van der Waals surface area contributed by atoms with Crippen LogP contribution < -0.4 is 4.74 Å². The van der Waals surface area contributed by atoms with Crippen LogP contribution in [0.5, 0.6) is 5.75 Å². The van der Waals surface area contributed by atoms with E-state index in [9.17, 15) is 0 Å². The van der Waals surface area contributed by atoms with Crippen molar-refractivity contribution in [1.29, 1.82) is 5.26 Å². The van der Waals surface area contributed by atoms with E-state index >= 15 is 0 Å². The van der Waals surface area contributed by atoms with Crippen molar-refractivity contribution in [2.24, 2.45) is 5.41 Å². The Kier molecular flexibility index (Phi) is 4.67. The molecule has 108 valence electrons. The number of benzene rings is 1. The largest absolute Gasteiger partial charge is 0.496 e. The first-order valence-electron chi connectivity index (χ1n) is 7.45. The fourth-order valence-electron chi connectivity index (χ4n) is 3.20. The number of rotatable bonds is 5. The summed E-state index contributed by atoms with van der Waals surface area (Å²) >= 11 is 0. The molecule has 1 fully saturated rings. The number of nitriles is 1. The second-order valence-corrected chi connectivity index (χ2v) is 5.81. The van der Waals surface area contributed by atoms with E-state index in [1.54, 1.807) is 7.11 Å². The molecule has 3 nitrogen and oxygen atoms in total. The van der Waals surface area contributed by atoms with E-state index in [2.05, 4.69) is 24.8 Å². The maximum Gasteiger partial charge on any atom is 0.123 e. The zero-order valence-electron chi connectivity index (χ0n) is 12.8. The molecular weight excluding hydrogens is 248 g/mol. The lowest BCUT2D eigenvalue weighted by molar-refractivity contribution is 0.234. The molecule has 1 aliphatic rings. The van der Waals surface area contributed by atoms with Crippen LogP contribution in [0.2, 0.25) is 0 Å². The summed E-state index contributed by atoms with van der Waals surface area (Å²) in [5.74, 6) is 0.884. The number of hydrogen-bond acceptors (Lipinski definition) is 3. The van der Waals surface area contributed by atoms with E-state index in [1.165, 1.54) is 19.3 Å². The van der Waals surface area contributed by atoms with Crippen molar-refractivity contribution in [3.05, 3.63) is 29.3 Å². The van der Waals surface area contributed by atoms with Gasteiger partial charge in [-0.25, -0.2) is 0 Å². The first-order chi connectivity index (χ1) is 9.66. The van der Waals surface area contributed by atoms with Crippen molar-refractivity contribution < 1.29 is 4.74 Å². The summed E-state index contributed by atoms with van der Waals surface area (Å²) in [7, 11) is 1.69. The molecule has 0 N–H and O–H groups in total. The molecule has 1 heterocycles. The van der Waals surface area contributed by atoms with Gasteiger partial charge in [-0.1, -0.05) is 13.8 Å². The average molecular weight is 272 g/mol. The highest BCUT2D eigenvalue weighted by molar-refractivity contribution is 5.42. The molecule has 0 aliphatic carbocycles. The minimum absolute atomic E-state index is 0.486. The molecule has 1 aromatic carbocycles. The Morgan fingerprint density at radius 2 is 2.10 bits per heavy atom. The molecule has 0 aromatic heterocycles. The zero-order valence-corrected chi connectivity index (χ0v) is 12.8.